The number of aromatic nitrogens is 1. The van der Waals surface area contributed by atoms with E-state index >= 15 is 0 Å². The first kappa shape index (κ1) is 14.5. The average molecular weight is 334 g/mol. The van der Waals surface area contributed by atoms with Crippen LogP contribution < -0.4 is 0 Å². The molecular formula is C22H17F2N. The Balaban J connectivity index is 1.97. The maximum atomic E-state index is 14.7. The fourth-order valence-corrected chi connectivity index (χ4v) is 3.17. The van der Waals surface area contributed by atoms with E-state index in [2.05, 4.69) is 4.98 Å². The summed E-state index contributed by atoms with van der Waals surface area (Å²) in [5, 5.41) is 1.86. The van der Waals surface area contributed by atoms with Crippen molar-refractivity contribution in [3.8, 4) is 11.3 Å². The van der Waals surface area contributed by atoms with Crippen LogP contribution >= 0.6 is 0 Å². The summed E-state index contributed by atoms with van der Waals surface area (Å²) in [7, 11) is 0. The molecule has 0 amide bonds. The molecule has 0 saturated carbocycles. The lowest BCUT2D eigenvalue weighted by Gasteiger charge is -2.11. The van der Waals surface area contributed by atoms with E-state index in [1.165, 1.54) is 0 Å². The highest BCUT2D eigenvalue weighted by Crippen LogP contribution is 2.33. The summed E-state index contributed by atoms with van der Waals surface area (Å²) in [6, 6.07) is 15.8. The molecule has 0 unspecified atom stereocenters. The molecule has 0 aliphatic carbocycles. The third-order valence-corrected chi connectivity index (χ3v) is 4.54. The van der Waals surface area contributed by atoms with Crippen molar-refractivity contribution in [1.82, 2.24) is 4.98 Å². The van der Waals surface area contributed by atoms with Crippen LogP contribution in [0.5, 0.6) is 0 Å². The van der Waals surface area contributed by atoms with Gasteiger partial charge in [0.1, 0.15) is 0 Å². The molecule has 1 nitrogen and oxygen atoms in total. The van der Waals surface area contributed by atoms with Crippen LogP contribution in [-0.2, 0) is 0 Å². The van der Waals surface area contributed by atoms with E-state index < -0.39 is 17.5 Å². The van der Waals surface area contributed by atoms with Gasteiger partial charge in [-0.25, -0.2) is 8.78 Å². The zero-order chi connectivity index (χ0) is 18.5. The standard InChI is InChI=1S/C22H17F2N/c1-13(2)14-9-10-25-20(12-14)15-7-8-17-16-5-3-4-6-18(16)21(23)22(24)19(17)11-15/h3-13H,1-2H3/i13D. The van der Waals surface area contributed by atoms with Gasteiger partial charge >= 0.3 is 0 Å². The first-order chi connectivity index (χ1) is 12.4. The number of benzene rings is 3. The predicted molar refractivity (Wildman–Crippen MR) is 98.7 cm³/mol. The maximum Gasteiger partial charge on any atom is 0.167 e. The Morgan fingerprint density at radius 1 is 0.840 bits per heavy atom. The van der Waals surface area contributed by atoms with Gasteiger partial charge in [0.15, 0.2) is 11.6 Å². The maximum absolute atomic E-state index is 14.7. The largest absolute Gasteiger partial charge is 0.256 e. The molecule has 1 heterocycles. The predicted octanol–water partition coefficient (Wildman–Crippen LogP) is 6.46. The van der Waals surface area contributed by atoms with Crippen LogP contribution in [-0.4, -0.2) is 4.98 Å². The quantitative estimate of drug-likeness (QED) is 0.384. The fourth-order valence-electron chi connectivity index (χ4n) is 3.17. The Labute approximate surface area is 146 Å². The first-order valence-electron chi connectivity index (χ1n) is 8.62. The molecule has 1 aromatic heterocycles. The van der Waals surface area contributed by atoms with Gasteiger partial charge in [0, 0.05) is 23.9 Å². The van der Waals surface area contributed by atoms with E-state index in [0.717, 1.165) is 5.56 Å². The molecule has 0 fully saturated rings. The van der Waals surface area contributed by atoms with E-state index in [4.69, 9.17) is 1.37 Å². The van der Waals surface area contributed by atoms with Crippen LogP contribution in [0, 0.1) is 11.6 Å². The van der Waals surface area contributed by atoms with E-state index in [0.29, 0.717) is 22.0 Å². The average Bonchev–Trinajstić information content (AvgIpc) is 2.65. The highest BCUT2D eigenvalue weighted by atomic mass is 19.2. The molecule has 0 aliphatic rings. The van der Waals surface area contributed by atoms with Crippen LogP contribution in [0.1, 0.15) is 26.7 Å². The van der Waals surface area contributed by atoms with Gasteiger partial charge in [-0.2, -0.15) is 0 Å². The Hall–Kier alpha value is -2.81. The Bertz CT molecular complexity index is 1150. The zero-order valence-corrected chi connectivity index (χ0v) is 14.0. The van der Waals surface area contributed by atoms with Crippen molar-refractivity contribution in [2.45, 2.75) is 19.7 Å². The summed E-state index contributed by atoms with van der Waals surface area (Å²) in [4.78, 5) is 4.34. The number of hydrogen-bond donors (Lipinski definition) is 0. The van der Waals surface area contributed by atoms with E-state index in [1.54, 1.807) is 56.4 Å². The molecule has 3 heteroatoms. The Morgan fingerprint density at radius 2 is 1.52 bits per heavy atom. The second kappa shape index (κ2) is 5.92. The summed E-state index contributed by atoms with van der Waals surface area (Å²) in [5.41, 5.74) is 2.14. The Kier molecular flexibility index (Phi) is 3.44. The molecule has 0 bridgehead atoms. The van der Waals surface area contributed by atoms with Gasteiger partial charge in [-0.05, 0) is 40.4 Å². The normalized spacial score (nSPS) is 12.6. The lowest BCUT2D eigenvalue weighted by atomic mass is 9.97. The van der Waals surface area contributed by atoms with Gasteiger partial charge in [-0.15, -0.1) is 0 Å². The van der Waals surface area contributed by atoms with Crippen LogP contribution in [0.25, 0.3) is 32.8 Å². The van der Waals surface area contributed by atoms with Gasteiger partial charge in [0.25, 0.3) is 0 Å². The number of rotatable bonds is 2. The van der Waals surface area contributed by atoms with Gasteiger partial charge in [-0.3, -0.25) is 4.98 Å². The molecule has 4 aromatic rings. The molecule has 0 spiro atoms. The van der Waals surface area contributed by atoms with Crippen LogP contribution in [0.4, 0.5) is 8.78 Å². The molecular weight excluding hydrogens is 316 g/mol. The second-order valence-electron chi connectivity index (χ2n) is 6.36. The van der Waals surface area contributed by atoms with Crippen molar-refractivity contribution in [2.24, 2.45) is 0 Å². The van der Waals surface area contributed by atoms with Gasteiger partial charge in [-0.1, -0.05) is 50.2 Å². The molecule has 0 radical (unpaired) electrons. The number of halogens is 2. The minimum atomic E-state index is -0.850. The lowest BCUT2D eigenvalue weighted by Crippen LogP contribution is -1.93. The van der Waals surface area contributed by atoms with Crippen LogP contribution in [0.3, 0.4) is 0 Å². The molecule has 0 N–H and O–H groups in total. The number of hydrogen-bond acceptors (Lipinski definition) is 1. The van der Waals surface area contributed by atoms with Crippen LogP contribution in [0.2, 0.25) is 0 Å². The summed E-state index contributed by atoms with van der Waals surface area (Å²) < 4.78 is 37.3. The summed E-state index contributed by atoms with van der Waals surface area (Å²) in [6.45, 7) is 3.60. The highest BCUT2D eigenvalue weighted by Gasteiger charge is 2.15. The summed E-state index contributed by atoms with van der Waals surface area (Å²) >= 11 is 0. The lowest BCUT2D eigenvalue weighted by molar-refractivity contribution is 0.525. The molecule has 0 aliphatic heterocycles. The SMILES string of the molecule is [2H]C(C)(C)c1ccnc(-c2ccc3c(c2)c(F)c(F)c2ccccc23)c1. The minimum absolute atomic E-state index is 0.232. The fraction of sp³-hybridized carbons (Fsp3) is 0.136. The van der Waals surface area contributed by atoms with Crippen molar-refractivity contribution in [3.05, 3.63) is 78.0 Å². The van der Waals surface area contributed by atoms with Crippen molar-refractivity contribution < 1.29 is 10.2 Å². The number of fused-ring (bicyclic) bond motifs is 3. The van der Waals surface area contributed by atoms with Gasteiger partial charge in [0.05, 0.1) is 5.69 Å². The zero-order valence-electron chi connectivity index (χ0n) is 15.0. The Morgan fingerprint density at radius 3 is 2.28 bits per heavy atom. The van der Waals surface area contributed by atoms with Crippen molar-refractivity contribution in [2.75, 3.05) is 0 Å². The van der Waals surface area contributed by atoms with Crippen molar-refractivity contribution in [3.63, 3.8) is 0 Å². The molecule has 0 atom stereocenters. The van der Waals surface area contributed by atoms with E-state index in [1.807, 2.05) is 18.2 Å². The first-order valence-corrected chi connectivity index (χ1v) is 8.12. The van der Waals surface area contributed by atoms with E-state index in [9.17, 15) is 8.78 Å². The molecule has 4 rings (SSSR count). The summed E-state index contributed by atoms with van der Waals surface area (Å²) in [5.74, 6) is -2.45. The number of nitrogens with zero attached hydrogens (tertiary/aromatic N) is 1. The topological polar surface area (TPSA) is 12.9 Å². The molecule has 0 saturated heterocycles. The second-order valence-corrected chi connectivity index (χ2v) is 6.36. The molecule has 25 heavy (non-hydrogen) atoms. The van der Waals surface area contributed by atoms with E-state index in [-0.39, 0.29) is 10.8 Å². The van der Waals surface area contributed by atoms with Crippen molar-refractivity contribution >= 4 is 21.5 Å². The van der Waals surface area contributed by atoms with Gasteiger partial charge < -0.3 is 0 Å². The van der Waals surface area contributed by atoms with Crippen molar-refractivity contribution in [1.29, 1.82) is 0 Å². The van der Waals surface area contributed by atoms with Crippen LogP contribution in [0.15, 0.2) is 60.8 Å². The van der Waals surface area contributed by atoms with Gasteiger partial charge in [0.2, 0.25) is 0 Å². The third kappa shape index (κ3) is 2.56. The third-order valence-electron chi connectivity index (χ3n) is 4.54. The smallest absolute Gasteiger partial charge is 0.167 e. The monoisotopic (exact) mass is 334 g/mol. The minimum Gasteiger partial charge on any atom is -0.256 e. The summed E-state index contributed by atoms with van der Waals surface area (Å²) in [6.07, 6.45) is 1.64. The molecule has 3 aromatic carbocycles. The molecule has 124 valence electrons. The highest BCUT2D eigenvalue weighted by molar-refractivity contribution is 6.08. The number of pyridine rings is 1.